The van der Waals surface area contributed by atoms with Gasteiger partial charge >= 0.3 is 5.97 Å². The van der Waals surface area contributed by atoms with E-state index in [2.05, 4.69) is 19.2 Å². The van der Waals surface area contributed by atoms with Gasteiger partial charge in [-0.1, -0.05) is 26.0 Å². The van der Waals surface area contributed by atoms with Gasteiger partial charge in [-0.2, -0.15) is 0 Å². The van der Waals surface area contributed by atoms with Crippen LogP contribution in [0.1, 0.15) is 37.0 Å². The van der Waals surface area contributed by atoms with Crippen molar-refractivity contribution in [3.8, 4) is 0 Å². The monoisotopic (exact) mass is 293 g/mol. The second-order valence-corrected chi connectivity index (χ2v) is 7.05. The van der Waals surface area contributed by atoms with Gasteiger partial charge in [0.05, 0.1) is 11.0 Å². The van der Waals surface area contributed by atoms with Gasteiger partial charge < -0.3 is 10.4 Å². The highest BCUT2D eigenvalue weighted by atomic mass is 32.2. The third-order valence-corrected chi connectivity index (χ3v) is 4.47. The molecule has 0 spiro atoms. The normalized spacial score (nSPS) is 15.9. The van der Waals surface area contributed by atoms with Crippen molar-refractivity contribution in [2.24, 2.45) is 5.41 Å². The molecule has 0 aliphatic heterocycles. The third-order valence-electron chi connectivity index (χ3n) is 3.39. The maximum atomic E-state index is 12.2. The van der Waals surface area contributed by atoms with Gasteiger partial charge in [-0.15, -0.1) is 11.8 Å². The van der Waals surface area contributed by atoms with E-state index in [0.29, 0.717) is 23.7 Å². The van der Waals surface area contributed by atoms with Gasteiger partial charge in [0.2, 0.25) is 0 Å². The molecule has 1 aliphatic carbocycles. The van der Waals surface area contributed by atoms with E-state index in [-0.39, 0.29) is 12.5 Å². The lowest BCUT2D eigenvalue weighted by Gasteiger charge is -2.14. The summed E-state index contributed by atoms with van der Waals surface area (Å²) in [6.45, 7) is 4.35. The van der Waals surface area contributed by atoms with Crippen molar-refractivity contribution < 1.29 is 14.7 Å². The summed E-state index contributed by atoms with van der Waals surface area (Å²) in [6.07, 6.45) is 1.29. The molecule has 20 heavy (non-hydrogen) atoms. The van der Waals surface area contributed by atoms with Crippen molar-refractivity contribution in [3.05, 3.63) is 29.8 Å². The number of carbonyl (C=O) groups excluding carboxylic acids is 1. The predicted octanol–water partition coefficient (Wildman–Crippen LogP) is 2.78. The van der Waals surface area contributed by atoms with Crippen molar-refractivity contribution in [2.75, 3.05) is 6.54 Å². The first-order valence-electron chi connectivity index (χ1n) is 6.72. The largest absolute Gasteiger partial charge is 0.481 e. The SMILES string of the molecule is CC(C)Sc1ccccc1C(=O)NCC1(C(=O)O)CC1. The molecule has 0 bridgehead atoms. The summed E-state index contributed by atoms with van der Waals surface area (Å²) in [5.74, 6) is -1.01. The van der Waals surface area contributed by atoms with Crippen LogP contribution < -0.4 is 5.32 Å². The maximum absolute atomic E-state index is 12.2. The fourth-order valence-electron chi connectivity index (χ4n) is 1.97. The highest BCUT2D eigenvalue weighted by molar-refractivity contribution is 8.00. The van der Waals surface area contributed by atoms with Gasteiger partial charge in [0.15, 0.2) is 0 Å². The van der Waals surface area contributed by atoms with E-state index in [1.165, 1.54) is 0 Å². The van der Waals surface area contributed by atoms with E-state index in [0.717, 1.165) is 4.90 Å². The molecule has 1 fully saturated rings. The summed E-state index contributed by atoms with van der Waals surface area (Å²) in [5.41, 5.74) is -0.108. The molecule has 108 valence electrons. The molecule has 1 aromatic carbocycles. The number of carbonyl (C=O) groups is 2. The molecule has 1 amide bonds. The zero-order chi connectivity index (χ0) is 14.8. The zero-order valence-electron chi connectivity index (χ0n) is 11.7. The van der Waals surface area contributed by atoms with Crippen LogP contribution in [0.3, 0.4) is 0 Å². The summed E-state index contributed by atoms with van der Waals surface area (Å²) in [7, 11) is 0. The topological polar surface area (TPSA) is 66.4 Å². The van der Waals surface area contributed by atoms with Gasteiger partial charge in [-0.25, -0.2) is 0 Å². The molecule has 0 aromatic heterocycles. The molecule has 2 N–H and O–H groups in total. The number of carboxylic acid groups (broad SMARTS) is 1. The Hall–Kier alpha value is -1.49. The van der Waals surface area contributed by atoms with Crippen LogP contribution in [-0.2, 0) is 4.79 Å². The molecule has 0 unspecified atom stereocenters. The van der Waals surface area contributed by atoms with E-state index in [9.17, 15) is 9.59 Å². The number of aliphatic carboxylic acids is 1. The number of nitrogens with one attached hydrogen (secondary N) is 1. The molecule has 2 rings (SSSR count). The minimum Gasteiger partial charge on any atom is -0.481 e. The van der Waals surface area contributed by atoms with Crippen molar-refractivity contribution in [1.82, 2.24) is 5.32 Å². The van der Waals surface area contributed by atoms with Crippen LogP contribution in [0.25, 0.3) is 0 Å². The maximum Gasteiger partial charge on any atom is 0.311 e. The molecule has 5 heteroatoms. The van der Waals surface area contributed by atoms with Crippen LogP contribution >= 0.6 is 11.8 Å². The van der Waals surface area contributed by atoms with Crippen LogP contribution in [-0.4, -0.2) is 28.8 Å². The first kappa shape index (κ1) is 14.9. The average Bonchev–Trinajstić information content (AvgIpc) is 3.17. The Morgan fingerprint density at radius 3 is 2.55 bits per heavy atom. The summed E-state index contributed by atoms with van der Waals surface area (Å²) >= 11 is 1.63. The van der Waals surface area contributed by atoms with Crippen molar-refractivity contribution in [1.29, 1.82) is 0 Å². The molecule has 0 atom stereocenters. The molecule has 1 aromatic rings. The predicted molar refractivity (Wildman–Crippen MR) is 79.1 cm³/mol. The number of thioether (sulfide) groups is 1. The molecular formula is C15H19NO3S. The third kappa shape index (κ3) is 3.33. The number of hydrogen-bond acceptors (Lipinski definition) is 3. The Balaban J connectivity index is 2.04. The van der Waals surface area contributed by atoms with Crippen LogP contribution in [0.15, 0.2) is 29.2 Å². The lowest BCUT2D eigenvalue weighted by molar-refractivity contribution is -0.143. The Bertz CT molecular complexity index is 524. The summed E-state index contributed by atoms with van der Waals surface area (Å²) in [6, 6.07) is 7.43. The lowest BCUT2D eigenvalue weighted by Crippen LogP contribution is -2.34. The molecule has 1 saturated carbocycles. The molecular weight excluding hydrogens is 274 g/mol. The first-order valence-corrected chi connectivity index (χ1v) is 7.60. The fourth-order valence-corrected chi connectivity index (χ4v) is 2.93. The Kier molecular flexibility index (Phi) is 4.38. The van der Waals surface area contributed by atoms with E-state index >= 15 is 0 Å². The minimum absolute atomic E-state index is 0.193. The van der Waals surface area contributed by atoms with E-state index < -0.39 is 11.4 Å². The summed E-state index contributed by atoms with van der Waals surface area (Å²) < 4.78 is 0. The highest BCUT2D eigenvalue weighted by Gasteiger charge is 2.50. The van der Waals surface area contributed by atoms with Crippen molar-refractivity contribution >= 4 is 23.6 Å². The average molecular weight is 293 g/mol. The van der Waals surface area contributed by atoms with E-state index in [4.69, 9.17) is 5.11 Å². The molecule has 1 aliphatic rings. The molecule has 0 radical (unpaired) electrons. The van der Waals surface area contributed by atoms with Gasteiger partial charge in [0.1, 0.15) is 0 Å². The summed E-state index contributed by atoms with van der Waals surface area (Å²) in [4.78, 5) is 24.2. The Morgan fingerprint density at radius 2 is 2.00 bits per heavy atom. The van der Waals surface area contributed by atoms with E-state index in [1.807, 2.05) is 18.2 Å². The van der Waals surface area contributed by atoms with Crippen LogP contribution in [0, 0.1) is 5.41 Å². The van der Waals surface area contributed by atoms with Gasteiger partial charge in [0, 0.05) is 16.7 Å². The summed E-state index contributed by atoms with van der Waals surface area (Å²) in [5, 5.41) is 12.3. The molecule has 0 heterocycles. The standard InChI is InChI=1S/C15H19NO3S/c1-10(2)20-12-6-4-3-5-11(12)13(17)16-9-15(7-8-15)14(18)19/h3-6,10H,7-9H2,1-2H3,(H,16,17)(H,18,19). The first-order chi connectivity index (χ1) is 9.44. The number of benzene rings is 1. The second kappa shape index (κ2) is 5.87. The van der Waals surface area contributed by atoms with Crippen molar-refractivity contribution in [2.45, 2.75) is 36.8 Å². The van der Waals surface area contributed by atoms with E-state index in [1.54, 1.807) is 17.8 Å². The number of hydrogen-bond donors (Lipinski definition) is 2. The zero-order valence-corrected chi connectivity index (χ0v) is 12.5. The van der Waals surface area contributed by atoms with Crippen LogP contribution in [0.4, 0.5) is 0 Å². The number of carboxylic acids is 1. The molecule has 4 nitrogen and oxygen atoms in total. The van der Waals surface area contributed by atoms with Gasteiger partial charge in [-0.05, 0) is 25.0 Å². The Morgan fingerprint density at radius 1 is 1.35 bits per heavy atom. The molecule has 0 saturated heterocycles. The van der Waals surface area contributed by atoms with Crippen LogP contribution in [0.2, 0.25) is 0 Å². The number of amides is 1. The second-order valence-electron chi connectivity index (χ2n) is 5.43. The van der Waals surface area contributed by atoms with Crippen molar-refractivity contribution in [3.63, 3.8) is 0 Å². The van der Waals surface area contributed by atoms with Gasteiger partial charge in [0.25, 0.3) is 5.91 Å². The Labute approximate surface area is 123 Å². The highest BCUT2D eigenvalue weighted by Crippen LogP contribution is 2.45. The lowest BCUT2D eigenvalue weighted by atomic mass is 10.1. The van der Waals surface area contributed by atoms with Gasteiger partial charge in [-0.3, -0.25) is 9.59 Å². The fraction of sp³-hybridized carbons (Fsp3) is 0.467. The number of rotatable bonds is 6. The smallest absolute Gasteiger partial charge is 0.311 e. The van der Waals surface area contributed by atoms with Crippen LogP contribution in [0.5, 0.6) is 0 Å². The minimum atomic E-state index is -0.817. The quantitative estimate of drug-likeness (QED) is 0.792.